The van der Waals surface area contributed by atoms with E-state index in [4.69, 9.17) is 9.47 Å². The van der Waals surface area contributed by atoms with Crippen molar-refractivity contribution < 1.29 is 19.1 Å². The lowest BCUT2D eigenvalue weighted by Crippen LogP contribution is -2.53. The van der Waals surface area contributed by atoms with Crippen LogP contribution in [0.25, 0.3) is 0 Å². The van der Waals surface area contributed by atoms with Gasteiger partial charge in [0.25, 0.3) is 11.8 Å². The Hall–Kier alpha value is -2.08. The quantitative estimate of drug-likeness (QED) is 0.830. The summed E-state index contributed by atoms with van der Waals surface area (Å²) >= 11 is 0. The Labute approximate surface area is 148 Å². The van der Waals surface area contributed by atoms with Crippen molar-refractivity contribution in [2.45, 2.75) is 32.8 Å². The molecule has 1 atom stereocenters. The maximum atomic E-state index is 12.4. The zero-order chi connectivity index (χ0) is 17.8. The average molecular weight is 346 g/mol. The first-order valence-electron chi connectivity index (χ1n) is 8.93. The van der Waals surface area contributed by atoms with Gasteiger partial charge >= 0.3 is 0 Å². The molecule has 0 aliphatic carbocycles. The van der Waals surface area contributed by atoms with Crippen molar-refractivity contribution in [1.29, 1.82) is 0 Å². The van der Waals surface area contributed by atoms with E-state index in [9.17, 15) is 9.59 Å². The minimum absolute atomic E-state index is 0.0331. The maximum absolute atomic E-state index is 12.4. The van der Waals surface area contributed by atoms with E-state index in [1.807, 2.05) is 36.9 Å². The molecule has 2 aliphatic heterocycles. The van der Waals surface area contributed by atoms with Crippen LogP contribution in [0.3, 0.4) is 0 Å². The molecule has 1 aromatic carbocycles. The van der Waals surface area contributed by atoms with Crippen LogP contribution >= 0.6 is 0 Å². The number of ether oxygens (including phenoxy) is 2. The molecular weight excluding hydrogens is 320 g/mol. The Morgan fingerprint density at radius 2 is 1.76 bits per heavy atom. The van der Waals surface area contributed by atoms with Crippen molar-refractivity contribution in [3.05, 3.63) is 29.3 Å². The van der Waals surface area contributed by atoms with Crippen LogP contribution in [0.15, 0.2) is 18.2 Å². The molecule has 0 saturated carbocycles. The first-order chi connectivity index (χ1) is 12.1. The van der Waals surface area contributed by atoms with Gasteiger partial charge in [-0.3, -0.25) is 9.59 Å². The summed E-state index contributed by atoms with van der Waals surface area (Å²) in [5, 5.41) is 0. The summed E-state index contributed by atoms with van der Waals surface area (Å²) in [5.41, 5.74) is 2.06. The number of carbonyl (C=O) groups is 2. The van der Waals surface area contributed by atoms with E-state index in [2.05, 4.69) is 0 Å². The lowest BCUT2D eigenvalue weighted by molar-refractivity contribution is -0.146. The molecule has 136 valence electrons. The van der Waals surface area contributed by atoms with E-state index >= 15 is 0 Å². The molecule has 2 fully saturated rings. The van der Waals surface area contributed by atoms with Gasteiger partial charge in [0.2, 0.25) is 0 Å². The zero-order valence-electron chi connectivity index (χ0n) is 15.0. The number of hydrogen-bond acceptors (Lipinski definition) is 4. The molecule has 0 radical (unpaired) electrons. The highest BCUT2D eigenvalue weighted by molar-refractivity contribution is 5.82. The average Bonchev–Trinajstić information content (AvgIpc) is 3.15. The van der Waals surface area contributed by atoms with Crippen molar-refractivity contribution in [3.8, 4) is 5.75 Å². The monoisotopic (exact) mass is 346 g/mol. The minimum atomic E-state index is -0.283. The summed E-state index contributed by atoms with van der Waals surface area (Å²) in [5.74, 6) is 0.811. The van der Waals surface area contributed by atoms with Crippen LogP contribution in [0.1, 0.15) is 24.0 Å². The molecule has 0 bridgehead atoms. The van der Waals surface area contributed by atoms with E-state index in [1.165, 1.54) is 0 Å². The first-order valence-corrected chi connectivity index (χ1v) is 8.93. The van der Waals surface area contributed by atoms with Crippen molar-refractivity contribution in [2.75, 3.05) is 39.4 Å². The van der Waals surface area contributed by atoms with E-state index in [0.717, 1.165) is 29.7 Å². The number of nitrogens with zero attached hydrogens (tertiary/aromatic N) is 2. The largest absolute Gasteiger partial charge is 0.483 e. The van der Waals surface area contributed by atoms with Gasteiger partial charge in [0.15, 0.2) is 6.61 Å². The second-order valence-electron chi connectivity index (χ2n) is 6.72. The van der Waals surface area contributed by atoms with E-state index in [1.54, 1.807) is 4.90 Å². The Kier molecular flexibility index (Phi) is 5.58. The van der Waals surface area contributed by atoms with Crippen molar-refractivity contribution >= 4 is 11.8 Å². The second-order valence-corrected chi connectivity index (χ2v) is 6.72. The number of amides is 2. The fraction of sp³-hybridized carbons (Fsp3) is 0.579. The molecule has 6 heteroatoms. The highest BCUT2D eigenvalue weighted by atomic mass is 16.5. The van der Waals surface area contributed by atoms with Crippen LogP contribution < -0.4 is 4.74 Å². The zero-order valence-corrected chi connectivity index (χ0v) is 15.0. The molecule has 0 N–H and O–H groups in total. The number of rotatable bonds is 4. The standard InChI is InChI=1S/C19H26N2O4/c1-14-5-3-6-15(2)18(14)25-13-17(22)20-8-10-21(11-9-20)19(23)16-7-4-12-24-16/h3,5-6,16H,4,7-13H2,1-2H3. The van der Waals surface area contributed by atoms with Gasteiger partial charge in [0.1, 0.15) is 11.9 Å². The SMILES string of the molecule is Cc1cccc(C)c1OCC(=O)N1CCN(C(=O)C2CCCO2)CC1. The first kappa shape index (κ1) is 17.7. The van der Waals surface area contributed by atoms with E-state index in [-0.39, 0.29) is 24.5 Å². The van der Waals surface area contributed by atoms with Gasteiger partial charge in [-0.05, 0) is 37.8 Å². The topological polar surface area (TPSA) is 59.1 Å². The molecule has 0 spiro atoms. The lowest BCUT2D eigenvalue weighted by atomic mass is 10.1. The van der Waals surface area contributed by atoms with Crippen LogP contribution in [0, 0.1) is 13.8 Å². The van der Waals surface area contributed by atoms with Gasteiger partial charge in [-0.1, -0.05) is 18.2 Å². The number of carbonyl (C=O) groups excluding carboxylic acids is 2. The number of benzene rings is 1. The van der Waals surface area contributed by atoms with Gasteiger partial charge < -0.3 is 19.3 Å². The lowest BCUT2D eigenvalue weighted by Gasteiger charge is -2.35. The van der Waals surface area contributed by atoms with Gasteiger partial charge in [-0.25, -0.2) is 0 Å². The summed E-state index contributed by atoms with van der Waals surface area (Å²) in [6.45, 7) is 6.88. The van der Waals surface area contributed by atoms with Crippen LogP contribution in [-0.2, 0) is 14.3 Å². The highest BCUT2D eigenvalue weighted by Gasteiger charge is 2.31. The molecule has 3 rings (SSSR count). The van der Waals surface area contributed by atoms with Crippen LogP contribution in [-0.4, -0.2) is 67.1 Å². The third kappa shape index (κ3) is 4.12. The molecule has 2 aliphatic rings. The summed E-state index contributed by atoms with van der Waals surface area (Å²) in [6.07, 6.45) is 1.47. The molecule has 2 saturated heterocycles. The Morgan fingerprint density at radius 3 is 2.36 bits per heavy atom. The van der Waals surface area contributed by atoms with Crippen LogP contribution in [0.4, 0.5) is 0 Å². The highest BCUT2D eigenvalue weighted by Crippen LogP contribution is 2.22. The molecule has 0 aromatic heterocycles. The van der Waals surface area contributed by atoms with Gasteiger partial charge in [0, 0.05) is 32.8 Å². The Balaban J connectivity index is 1.47. The third-order valence-electron chi connectivity index (χ3n) is 4.90. The smallest absolute Gasteiger partial charge is 0.260 e. The van der Waals surface area contributed by atoms with Crippen molar-refractivity contribution in [2.24, 2.45) is 0 Å². The van der Waals surface area contributed by atoms with Crippen LogP contribution in [0.2, 0.25) is 0 Å². The predicted molar refractivity (Wildman–Crippen MR) is 93.5 cm³/mol. The van der Waals surface area contributed by atoms with Crippen molar-refractivity contribution in [1.82, 2.24) is 9.80 Å². The summed E-state index contributed by atoms with van der Waals surface area (Å²) in [6, 6.07) is 5.92. The number of aryl methyl sites for hydroxylation is 2. The minimum Gasteiger partial charge on any atom is -0.483 e. The van der Waals surface area contributed by atoms with E-state index in [0.29, 0.717) is 32.8 Å². The van der Waals surface area contributed by atoms with Gasteiger partial charge in [0.05, 0.1) is 0 Å². The molecule has 25 heavy (non-hydrogen) atoms. The van der Waals surface area contributed by atoms with Gasteiger partial charge in [-0.15, -0.1) is 0 Å². The fourth-order valence-electron chi connectivity index (χ4n) is 3.40. The second kappa shape index (κ2) is 7.87. The molecule has 1 unspecified atom stereocenters. The summed E-state index contributed by atoms with van der Waals surface area (Å²) in [4.78, 5) is 28.3. The molecule has 2 amide bonds. The molecular formula is C19H26N2O4. The third-order valence-corrected chi connectivity index (χ3v) is 4.90. The fourth-order valence-corrected chi connectivity index (χ4v) is 3.40. The number of para-hydroxylation sites is 1. The van der Waals surface area contributed by atoms with Gasteiger partial charge in [-0.2, -0.15) is 0 Å². The molecule has 2 heterocycles. The summed E-state index contributed by atoms with van der Waals surface area (Å²) < 4.78 is 11.2. The van der Waals surface area contributed by atoms with Crippen LogP contribution in [0.5, 0.6) is 5.75 Å². The number of piperazine rings is 1. The number of hydrogen-bond donors (Lipinski definition) is 0. The summed E-state index contributed by atoms with van der Waals surface area (Å²) in [7, 11) is 0. The molecule has 1 aromatic rings. The van der Waals surface area contributed by atoms with Crippen molar-refractivity contribution in [3.63, 3.8) is 0 Å². The normalized spacial score (nSPS) is 20.6. The Bertz CT molecular complexity index is 612. The predicted octanol–water partition coefficient (Wildman–Crippen LogP) is 1.53. The molecule has 6 nitrogen and oxygen atoms in total. The maximum Gasteiger partial charge on any atom is 0.260 e. The van der Waals surface area contributed by atoms with E-state index < -0.39 is 0 Å². The Morgan fingerprint density at radius 1 is 1.12 bits per heavy atom.